The van der Waals surface area contributed by atoms with Crippen molar-refractivity contribution in [3.63, 3.8) is 0 Å². The molecule has 1 aliphatic rings. The number of methoxy groups -OCH3 is 3. The monoisotopic (exact) mass is 406 g/mol. The van der Waals surface area contributed by atoms with Gasteiger partial charge in [-0.3, -0.25) is 20.2 Å². The van der Waals surface area contributed by atoms with Crippen LogP contribution in [0, 0.1) is 10.1 Å². The first kappa shape index (κ1) is 20.2. The second-order valence-electron chi connectivity index (χ2n) is 6.28. The molecular weight excluding hydrogens is 384 g/mol. The normalized spacial score (nSPS) is 13.7. The predicted molar refractivity (Wildman–Crippen MR) is 103 cm³/mol. The van der Waals surface area contributed by atoms with E-state index in [-0.39, 0.29) is 28.8 Å². The van der Waals surface area contributed by atoms with Crippen molar-refractivity contribution >= 4 is 23.5 Å². The van der Waals surface area contributed by atoms with Crippen LogP contribution in [0.2, 0.25) is 0 Å². The maximum atomic E-state index is 12.8. The molecule has 2 aromatic rings. The molecule has 29 heavy (non-hydrogen) atoms. The Bertz CT molecular complexity index is 908. The van der Waals surface area contributed by atoms with Crippen molar-refractivity contribution in [2.75, 3.05) is 44.6 Å². The molecule has 0 spiro atoms. The number of nitro benzene ring substituents is 1. The number of rotatable bonds is 7. The van der Waals surface area contributed by atoms with Crippen LogP contribution < -0.4 is 24.4 Å². The number of benzene rings is 1. The van der Waals surface area contributed by atoms with Crippen molar-refractivity contribution in [3.8, 4) is 17.2 Å². The molecule has 0 saturated carbocycles. The van der Waals surface area contributed by atoms with E-state index in [2.05, 4.69) is 20.5 Å². The zero-order chi connectivity index (χ0) is 21.0. The summed E-state index contributed by atoms with van der Waals surface area (Å²) in [6.07, 6.45) is 3.26. The third kappa shape index (κ3) is 4.00. The Morgan fingerprint density at radius 2 is 1.86 bits per heavy atom. The van der Waals surface area contributed by atoms with Crippen molar-refractivity contribution in [3.05, 3.63) is 21.7 Å². The SMILES string of the molecule is COc1cc(C(=O)Nc2nc(N3CCCCC3)n[nH]2)c([N+](=O)[O-])c(OC)c1OC. The number of ether oxygens (including phenoxy) is 3. The molecule has 1 fully saturated rings. The number of carbonyl (C=O) groups is 1. The number of anilines is 2. The fourth-order valence-electron chi connectivity index (χ4n) is 3.21. The molecule has 1 amide bonds. The van der Waals surface area contributed by atoms with E-state index in [1.165, 1.54) is 27.4 Å². The summed E-state index contributed by atoms with van der Waals surface area (Å²) in [5.41, 5.74) is -0.807. The average Bonchev–Trinajstić information content (AvgIpc) is 3.20. The minimum absolute atomic E-state index is 0.0188. The lowest BCUT2D eigenvalue weighted by atomic mass is 10.1. The number of aromatic amines is 1. The summed E-state index contributed by atoms with van der Waals surface area (Å²) in [6.45, 7) is 1.67. The summed E-state index contributed by atoms with van der Waals surface area (Å²) in [5, 5.41) is 20.9. The second kappa shape index (κ2) is 8.63. The van der Waals surface area contributed by atoms with Gasteiger partial charge in [-0.05, 0) is 19.3 Å². The highest BCUT2D eigenvalue weighted by atomic mass is 16.6. The summed E-state index contributed by atoms with van der Waals surface area (Å²) in [4.78, 5) is 30.0. The van der Waals surface area contributed by atoms with Crippen LogP contribution in [0.15, 0.2) is 6.07 Å². The number of carbonyl (C=O) groups excluding carboxylic acids is 1. The number of nitrogens with one attached hydrogen (secondary N) is 2. The first-order valence-electron chi connectivity index (χ1n) is 8.96. The highest BCUT2D eigenvalue weighted by Gasteiger charge is 2.33. The fourth-order valence-corrected chi connectivity index (χ4v) is 3.21. The number of nitrogens with zero attached hydrogens (tertiary/aromatic N) is 4. The number of piperidine rings is 1. The molecule has 0 atom stereocenters. The van der Waals surface area contributed by atoms with Gasteiger partial charge in [0.25, 0.3) is 5.91 Å². The molecule has 1 aromatic heterocycles. The first-order valence-corrected chi connectivity index (χ1v) is 8.96. The highest BCUT2D eigenvalue weighted by molar-refractivity contribution is 6.08. The lowest BCUT2D eigenvalue weighted by Crippen LogP contribution is -2.30. The van der Waals surface area contributed by atoms with Crippen LogP contribution in [0.1, 0.15) is 29.6 Å². The molecule has 2 heterocycles. The Hall–Kier alpha value is -3.57. The molecule has 0 aliphatic carbocycles. The van der Waals surface area contributed by atoms with E-state index in [9.17, 15) is 14.9 Å². The van der Waals surface area contributed by atoms with Crippen LogP contribution in [-0.4, -0.2) is 60.4 Å². The van der Waals surface area contributed by atoms with Gasteiger partial charge >= 0.3 is 5.69 Å². The van der Waals surface area contributed by atoms with E-state index in [0.717, 1.165) is 32.4 Å². The van der Waals surface area contributed by atoms with Gasteiger partial charge in [-0.25, -0.2) is 5.10 Å². The van der Waals surface area contributed by atoms with Gasteiger partial charge in [0.05, 0.1) is 26.3 Å². The maximum Gasteiger partial charge on any atom is 0.327 e. The van der Waals surface area contributed by atoms with Gasteiger partial charge < -0.3 is 19.1 Å². The second-order valence-corrected chi connectivity index (χ2v) is 6.28. The van der Waals surface area contributed by atoms with Crippen molar-refractivity contribution in [1.29, 1.82) is 0 Å². The van der Waals surface area contributed by atoms with Crippen LogP contribution in [0.25, 0.3) is 0 Å². The summed E-state index contributed by atoms with van der Waals surface area (Å²) in [6, 6.07) is 1.22. The molecule has 156 valence electrons. The largest absolute Gasteiger partial charge is 0.493 e. The Balaban J connectivity index is 1.92. The van der Waals surface area contributed by atoms with E-state index in [4.69, 9.17) is 14.2 Å². The minimum Gasteiger partial charge on any atom is -0.493 e. The van der Waals surface area contributed by atoms with Gasteiger partial charge in [0.2, 0.25) is 23.4 Å². The Morgan fingerprint density at radius 1 is 1.17 bits per heavy atom. The van der Waals surface area contributed by atoms with Gasteiger partial charge in [0.15, 0.2) is 5.75 Å². The fraction of sp³-hybridized carbons (Fsp3) is 0.471. The molecule has 0 unspecified atom stereocenters. The van der Waals surface area contributed by atoms with E-state index >= 15 is 0 Å². The molecule has 0 radical (unpaired) electrons. The summed E-state index contributed by atoms with van der Waals surface area (Å²) < 4.78 is 15.5. The van der Waals surface area contributed by atoms with Gasteiger partial charge in [0.1, 0.15) is 5.56 Å². The highest BCUT2D eigenvalue weighted by Crippen LogP contribution is 2.46. The van der Waals surface area contributed by atoms with E-state index in [0.29, 0.717) is 5.95 Å². The molecule has 12 heteroatoms. The lowest BCUT2D eigenvalue weighted by molar-refractivity contribution is -0.386. The molecule has 0 bridgehead atoms. The predicted octanol–water partition coefficient (Wildman–Crippen LogP) is 1.98. The molecule has 12 nitrogen and oxygen atoms in total. The number of aromatic nitrogens is 3. The van der Waals surface area contributed by atoms with Crippen LogP contribution in [0.5, 0.6) is 17.2 Å². The van der Waals surface area contributed by atoms with Gasteiger partial charge in [-0.15, -0.1) is 5.10 Å². The molecule has 1 saturated heterocycles. The van der Waals surface area contributed by atoms with Crippen LogP contribution in [0.4, 0.5) is 17.6 Å². The number of nitro groups is 1. The van der Waals surface area contributed by atoms with Crippen LogP contribution >= 0.6 is 0 Å². The lowest BCUT2D eigenvalue weighted by Gasteiger charge is -2.24. The van der Waals surface area contributed by atoms with Gasteiger partial charge in [-0.1, -0.05) is 0 Å². The van der Waals surface area contributed by atoms with Crippen molar-refractivity contribution in [1.82, 2.24) is 15.2 Å². The molecule has 1 aliphatic heterocycles. The van der Waals surface area contributed by atoms with Gasteiger partial charge in [-0.2, -0.15) is 4.98 Å². The minimum atomic E-state index is -0.766. The van der Waals surface area contributed by atoms with Crippen LogP contribution in [-0.2, 0) is 0 Å². The molecular formula is C17H22N6O6. The topological polar surface area (TPSA) is 145 Å². The standard InChI is InChI=1S/C17H22N6O6/c1-27-11-9-10(12(23(25)26)14(29-3)13(11)28-2)15(24)18-16-19-17(21-20-16)22-7-5-4-6-8-22/h9H,4-8H2,1-3H3,(H2,18,19,20,21,24). The van der Waals surface area contributed by atoms with Crippen molar-refractivity contribution < 1.29 is 23.9 Å². The number of amides is 1. The number of H-pyrrole nitrogens is 1. The number of hydrogen-bond donors (Lipinski definition) is 2. The third-order valence-corrected chi connectivity index (χ3v) is 4.58. The van der Waals surface area contributed by atoms with Crippen molar-refractivity contribution in [2.24, 2.45) is 0 Å². The maximum absolute atomic E-state index is 12.8. The Morgan fingerprint density at radius 3 is 2.45 bits per heavy atom. The van der Waals surface area contributed by atoms with Crippen LogP contribution in [0.3, 0.4) is 0 Å². The number of hydrogen-bond acceptors (Lipinski definition) is 9. The van der Waals surface area contributed by atoms with Gasteiger partial charge in [0, 0.05) is 19.2 Å². The third-order valence-electron chi connectivity index (χ3n) is 4.58. The summed E-state index contributed by atoms with van der Waals surface area (Å²) in [5.74, 6) is -0.291. The first-order chi connectivity index (χ1) is 14.0. The van der Waals surface area contributed by atoms with Crippen molar-refractivity contribution in [2.45, 2.75) is 19.3 Å². The Labute approximate surface area is 166 Å². The molecule has 2 N–H and O–H groups in total. The quantitative estimate of drug-likeness (QED) is 0.520. The average molecular weight is 406 g/mol. The molecule has 1 aromatic carbocycles. The summed E-state index contributed by atoms with van der Waals surface area (Å²) >= 11 is 0. The van der Waals surface area contributed by atoms with E-state index < -0.39 is 16.5 Å². The zero-order valence-corrected chi connectivity index (χ0v) is 16.4. The van der Waals surface area contributed by atoms with E-state index in [1.807, 2.05) is 4.90 Å². The smallest absolute Gasteiger partial charge is 0.327 e. The zero-order valence-electron chi connectivity index (χ0n) is 16.4. The van der Waals surface area contributed by atoms with E-state index in [1.54, 1.807) is 0 Å². The Kier molecular flexibility index (Phi) is 6.00. The molecule has 3 rings (SSSR count). The summed E-state index contributed by atoms with van der Waals surface area (Å²) in [7, 11) is 3.92.